The second-order valence-electron chi connectivity index (χ2n) is 9.93. The number of aromatic hydroxyl groups is 4. The second kappa shape index (κ2) is 11.4. The van der Waals surface area contributed by atoms with Crippen molar-refractivity contribution < 1.29 is 30.0 Å². The summed E-state index contributed by atoms with van der Waals surface area (Å²) in [6.45, 7) is 10.1. The minimum Gasteiger partial charge on any atom is -0.508 e. The summed E-state index contributed by atoms with van der Waals surface area (Å²) in [6, 6.07) is 4.05. The highest BCUT2D eigenvalue weighted by Gasteiger charge is 2.33. The molecular formula is C30H36O6. The molecule has 0 saturated carbocycles. The van der Waals surface area contributed by atoms with Crippen molar-refractivity contribution in [1.82, 2.24) is 0 Å². The van der Waals surface area contributed by atoms with Gasteiger partial charge >= 0.3 is 0 Å². The highest BCUT2D eigenvalue weighted by atomic mass is 16.5. The van der Waals surface area contributed by atoms with E-state index >= 15 is 0 Å². The fraction of sp³-hybridized carbons (Fsp3) is 0.367. The zero-order valence-electron chi connectivity index (χ0n) is 21.7. The Morgan fingerprint density at radius 3 is 2.28 bits per heavy atom. The summed E-state index contributed by atoms with van der Waals surface area (Å²) in [5, 5.41) is 42.3. The van der Waals surface area contributed by atoms with Gasteiger partial charge in [-0.3, -0.25) is 4.79 Å². The first-order valence-corrected chi connectivity index (χ1v) is 12.2. The summed E-state index contributed by atoms with van der Waals surface area (Å²) in [6.07, 6.45) is 7.81. The average molecular weight is 493 g/mol. The van der Waals surface area contributed by atoms with E-state index in [2.05, 4.69) is 19.9 Å². The lowest BCUT2D eigenvalue weighted by Crippen LogP contribution is -2.21. The van der Waals surface area contributed by atoms with E-state index in [9.17, 15) is 25.2 Å². The molecule has 0 fully saturated rings. The number of benzene rings is 2. The molecule has 0 saturated heterocycles. The number of ether oxygens (including phenoxy) is 1. The number of phenolic OH excluding ortho intramolecular Hbond substituents is 4. The smallest absolute Gasteiger partial charge is 0.174 e. The summed E-state index contributed by atoms with van der Waals surface area (Å²) in [5.41, 5.74) is 4.90. The number of carbonyl (C=O) groups is 1. The molecule has 0 amide bonds. The maximum absolute atomic E-state index is 12.9. The molecular weight excluding hydrogens is 456 g/mol. The zero-order valence-corrected chi connectivity index (χ0v) is 21.7. The minimum absolute atomic E-state index is 0.0160. The van der Waals surface area contributed by atoms with Gasteiger partial charge < -0.3 is 25.2 Å². The van der Waals surface area contributed by atoms with Gasteiger partial charge in [-0.2, -0.15) is 0 Å². The molecule has 1 heterocycles. The minimum atomic E-state index is -0.834. The molecule has 1 unspecified atom stereocenters. The fourth-order valence-electron chi connectivity index (χ4n) is 4.28. The first-order valence-electron chi connectivity index (χ1n) is 12.2. The van der Waals surface area contributed by atoms with E-state index in [1.807, 2.05) is 32.9 Å². The predicted molar refractivity (Wildman–Crippen MR) is 141 cm³/mol. The number of hydrogen-bond acceptors (Lipinski definition) is 6. The van der Waals surface area contributed by atoms with Crippen LogP contribution in [0.5, 0.6) is 28.7 Å². The van der Waals surface area contributed by atoms with E-state index in [1.54, 1.807) is 6.07 Å². The van der Waals surface area contributed by atoms with Gasteiger partial charge in [0.2, 0.25) is 0 Å². The highest BCUT2D eigenvalue weighted by Crippen LogP contribution is 2.46. The van der Waals surface area contributed by atoms with E-state index in [0.717, 1.165) is 30.1 Å². The molecule has 36 heavy (non-hydrogen) atoms. The lowest BCUT2D eigenvalue weighted by atomic mass is 9.90. The zero-order chi connectivity index (χ0) is 26.6. The maximum atomic E-state index is 12.9. The Morgan fingerprint density at radius 2 is 1.61 bits per heavy atom. The second-order valence-corrected chi connectivity index (χ2v) is 9.93. The molecule has 2 aromatic carbocycles. The molecule has 0 aliphatic carbocycles. The summed E-state index contributed by atoms with van der Waals surface area (Å²) in [7, 11) is 0. The van der Waals surface area contributed by atoms with Gasteiger partial charge in [0, 0.05) is 23.3 Å². The maximum Gasteiger partial charge on any atom is 0.174 e. The predicted octanol–water partition coefficient (Wildman–Crippen LogP) is 6.96. The molecule has 0 spiro atoms. The molecule has 1 aliphatic heterocycles. The van der Waals surface area contributed by atoms with Crippen molar-refractivity contribution in [2.45, 2.75) is 72.8 Å². The normalized spacial score (nSPS) is 15.2. The van der Waals surface area contributed by atoms with Crippen molar-refractivity contribution in [2.75, 3.05) is 0 Å². The van der Waals surface area contributed by atoms with Crippen molar-refractivity contribution in [3.63, 3.8) is 0 Å². The molecule has 4 N–H and O–H groups in total. The molecule has 1 atom stereocenters. The third-order valence-corrected chi connectivity index (χ3v) is 6.29. The van der Waals surface area contributed by atoms with Gasteiger partial charge in [0.15, 0.2) is 5.78 Å². The number of hydrogen-bond donors (Lipinski definition) is 4. The number of phenols is 4. The van der Waals surface area contributed by atoms with Gasteiger partial charge in [-0.25, -0.2) is 0 Å². The van der Waals surface area contributed by atoms with Crippen LogP contribution in [-0.2, 0) is 12.8 Å². The Kier molecular flexibility index (Phi) is 8.51. The first-order chi connectivity index (χ1) is 17.0. The van der Waals surface area contributed by atoms with Crippen LogP contribution in [0.4, 0.5) is 0 Å². The molecule has 6 heteroatoms. The van der Waals surface area contributed by atoms with Crippen molar-refractivity contribution >= 4 is 5.78 Å². The van der Waals surface area contributed by atoms with Gasteiger partial charge in [-0.05, 0) is 71.9 Å². The largest absolute Gasteiger partial charge is 0.508 e. The van der Waals surface area contributed by atoms with Crippen LogP contribution < -0.4 is 4.74 Å². The van der Waals surface area contributed by atoms with Gasteiger partial charge in [-0.1, -0.05) is 34.9 Å². The Labute approximate surface area is 212 Å². The first kappa shape index (κ1) is 26.9. The van der Waals surface area contributed by atoms with Crippen LogP contribution in [0.25, 0.3) is 0 Å². The summed E-state index contributed by atoms with van der Waals surface area (Å²) < 4.78 is 5.99. The monoisotopic (exact) mass is 492 g/mol. The average Bonchev–Trinajstić information content (AvgIpc) is 2.77. The molecule has 0 bridgehead atoms. The Hall–Kier alpha value is -3.67. The SMILES string of the molecule is CC(C)=CCCC(C)=CCc1c(O)c(CC=C(C)C)cc(C2CC(=O)c3c(O)cc(O)cc3O2)c1O. The molecule has 2 aromatic rings. The standard InChI is InChI=1S/C30H36O6/c1-17(2)7-6-8-19(5)10-12-22-29(34)20(11-9-18(3)4)13-23(30(22)35)26-16-25(33)28-24(32)14-21(31)15-27(28)36-26/h7,9-10,13-15,26,31-32,34-35H,6,8,11-12,16H2,1-5H3. The van der Waals surface area contributed by atoms with Gasteiger partial charge in [0.25, 0.3) is 0 Å². The molecule has 6 nitrogen and oxygen atoms in total. The van der Waals surface area contributed by atoms with Crippen molar-refractivity contribution in [3.05, 3.63) is 75.4 Å². The van der Waals surface area contributed by atoms with Crippen LogP contribution in [-0.4, -0.2) is 26.2 Å². The van der Waals surface area contributed by atoms with E-state index in [-0.39, 0.29) is 46.5 Å². The van der Waals surface area contributed by atoms with Crippen molar-refractivity contribution in [1.29, 1.82) is 0 Å². The number of rotatable bonds is 8. The topological polar surface area (TPSA) is 107 Å². The molecule has 3 rings (SSSR count). The van der Waals surface area contributed by atoms with Crippen LogP contribution in [0.1, 0.15) is 87.0 Å². The van der Waals surface area contributed by atoms with E-state index in [0.29, 0.717) is 29.5 Å². The van der Waals surface area contributed by atoms with Gasteiger partial charge in [-0.15, -0.1) is 0 Å². The Bertz CT molecular complexity index is 1240. The summed E-state index contributed by atoms with van der Waals surface area (Å²) in [4.78, 5) is 12.9. The quantitative estimate of drug-likeness (QED) is 0.297. The van der Waals surface area contributed by atoms with E-state index < -0.39 is 6.10 Å². The van der Waals surface area contributed by atoms with Crippen molar-refractivity contribution in [3.8, 4) is 28.7 Å². The molecule has 192 valence electrons. The Morgan fingerprint density at radius 1 is 0.917 bits per heavy atom. The molecule has 0 aromatic heterocycles. The van der Waals surface area contributed by atoms with Gasteiger partial charge in [0.05, 0.1) is 6.42 Å². The summed E-state index contributed by atoms with van der Waals surface area (Å²) in [5.74, 6) is -0.958. The Balaban J connectivity index is 2.02. The lowest BCUT2D eigenvalue weighted by Gasteiger charge is -2.28. The van der Waals surface area contributed by atoms with Crippen LogP contribution in [0, 0.1) is 0 Å². The number of ketones is 1. The van der Waals surface area contributed by atoms with Gasteiger partial charge in [0.1, 0.15) is 40.4 Å². The number of carbonyl (C=O) groups excluding carboxylic acids is 1. The van der Waals surface area contributed by atoms with Crippen LogP contribution in [0.2, 0.25) is 0 Å². The van der Waals surface area contributed by atoms with Crippen LogP contribution in [0.3, 0.4) is 0 Å². The molecule has 0 radical (unpaired) electrons. The number of Topliss-reactive ketones (excluding diaryl/α,β-unsaturated/α-hetero) is 1. The third-order valence-electron chi connectivity index (χ3n) is 6.29. The fourth-order valence-corrected chi connectivity index (χ4v) is 4.28. The summed E-state index contributed by atoms with van der Waals surface area (Å²) >= 11 is 0. The van der Waals surface area contributed by atoms with E-state index in [1.165, 1.54) is 11.6 Å². The highest BCUT2D eigenvalue weighted by molar-refractivity contribution is 6.02. The molecule has 1 aliphatic rings. The van der Waals surface area contributed by atoms with E-state index in [4.69, 9.17) is 4.74 Å². The van der Waals surface area contributed by atoms with Crippen LogP contribution >= 0.6 is 0 Å². The number of allylic oxidation sites excluding steroid dienone is 6. The third kappa shape index (κ3) is 6.30. The van der Waals surface area contributed by atoms with Crippen molar-refractivity contribution in [2.24, 2.45) is 0 Å². The lowest BCUT2D eigenvalue weighted by molar-refractivity contribution is 0.0842. The van der Waals surface area contributed by atoms with Crippen LogP contribution in [0.15, 0.2) is 53.1 Å². The number of fused-ring (bicyclic) bond motifs is 1.